The minimum Gasteiger partial charge on any atom is -0.507 e. The van der Waals surface area contributed by atoms with Crippen molar-refractivity contribution in [1.29, 1.82) is 0 Å². The van der Waals surface area contributed by atoms with Crippen LogP contribution in [0.15, 0.2) is 48.5 Å². The number of carbonyl (C=O) groups is 2. The Morgan fingerprint density at radius 1 is 0.388 bits per heavy atom. The van der Waals surface area contributed by atoms with Crippen LogP contribution >= 0.6 is 0 Å². The lowest BCUT2D eigenvalue weighted by molar-refractivity contribution is -0.277. The van der Waals surface area contributed by atoms with Crippen LogP contribution in [-0.2, 0) is 18.9 Å². The van der Waals surface area contributed by atoms with Crippen LogP contribution < -0.4 is 9.47 Å². The summed E-state index contributed by atoms with van der Waals surface area (Å²) in [6.45, 7) is -0.520. The van der Waals surface area contributed by atoms with E-state index in [1.807, 2.05) is 0 Å². The summed E-state index contributed by atoms with van der Waals surface area (Å²) in [5, 5.41) is 198. The molecule has 2 unspecified atom stereocenters. The van der Waals surface area contributed by atoms with Gasteiger partial charge in [-0.3, -0.25) is 9.59 Å². The van der Waals surface area contributed by atoms with Gasteiger partial charge in [0.2, 0.25) is 24.1 Å². The van der Waals surface area contributed by atoms with E-state index in [9.17, 15) is 91.9 Å². The standard InChI is InChI=1S/C54H62O26/c1-15-9-19-29(51-47(71)43(67)35(59)23(11-55)75-51)17-5-3-7-21(77-53-49(73)45(69)37(61)25(13-57)79-53)31(17)41(65)33(19)39(63)27(15)28-16(2)10-20-30(52-48(72)44(68)36(60)24(12-56)76-52)18-6-4-8-22(32(18)42(66)34(20)40(28)64)78-54-50(74)46(70)38(62)26(14-58)80-54/h3-10,23-26,29-30,35-38,43-64,67-74H,11-14H2,1-2H3/t23-,24-,25-,26-,29?,30?,35-,36-,37-,38-,43+,44+,45+,46+,47-,48-,49-,50-,51+,52+,53-,54-/m1/s1. The molecule has 4 heterocycles. The molecule has 4 saturated heterocycles. The molecular weight excluding hydrogens is 1060 g/mol. The number of hydrogen-bond donors (Lipinski definition) is 18. The van der Waals surface area contributed by atoms with E-state index in [1.54, 1.807) is 0 Å². The summed E-state index contributed by atoms with van der Waals surface area (Å²) < 4.78 is 35.4. The zero-order valence-corrected chi connectivity index (χ0v) is 42.5. The molecule has 6 aliphatic rings. The second-order valence-electron chi connectivity index (χ2n) is 21.0. The maximum absolute atomic E-state index is 15.4. The molecule has 2 aliphatic carbocycles. The first-order chi connectivity index (χ1) is 38.0. The first-order valence-corrected chi connectivity index (χ1v) is 25.7. The Morgan fingerprint density at radius 3 is 1.02 bits per heavy atom. The Hall–Kier alpha value is -5.38. The molecule has 0 radical (unpaired) electrons. The second kappa shape index (κ2) is 22.1. The van der Waals surface area contributed by atoms with Crippen LogP contribution in [0.25, 0.3) is 11.1 Å². The van der Waals surface area contributed by atoms with Gasteiger partial charge in [-0.25, -0.2) is 0 Å². The third-order valence-corrected chi connectivity index (χ3v) is 16.4. The van der Waals surface area contributed by atoms with Crippen molar-refractivity contribution in [3.05, 3.63) is 104 Å². The van der Waals surface area contributed by atoms with Gasteiger partial charge in [-0.15, -0.1) is 0 Å². The minimum atomic E-state index is -1.99. The number of phenolic OH excluding ortho intramolecular Hbond substituents is 2. The summed E-state index contributed by atoms with van der Waals surface area (Å²) >= 11 is 0. The molecule has 22 atom stereocenters. The zero-order chi connectivity index (χ0) is 57.8. The number of ketones is 2. The normalized spacial score (nSPS) is 37.8. The monoisotopic (exact) mass is 1130 g/mol. The molecule has 26 nitrogen and oxygen atoms in total. The van der Waals surface area contributed by atoms with Crippen LogP contribution in [0, 0.1) is 13.8 Å². The van der Waals surface area contributed by atoms with Crippen LogP contribution in [0.5, 0.6) is 23.0 Å². The number of hydrogen-bond acceptors (Lipinski definition) is 26. The predicted molar refractivity (Wildman–Crippen MR) is 264 cm³/mol. The number of aryl methyl sites for hydroxylation is 2. The van der Waals surface area contributed by atoms with Crippen LogP contribution in [0.3, 0.4) is 0 Å². The molecule has 4 aromatic rings. The van der Waals surface area contributed by atoms with Crippen LogP contribution in [0.2, 0.25) is 0 Å². The molecule has 18 N–H and O–H groups in total. The van der Waals surface area contributed by atoms with E-state index in [0.29, 0.717) is 0 Å². The molecule has 0 amide bonds. The van der Waals surface area contributed by atoms with Gasteiger partial charge in [-0.1, -0.05) is 36.4 Å². The highest BCUT2D eigenvalue weighted by molar-refractivity contribution is 6.19. The first-order valence-electron chi connectivity index (χ1n) is 25.7. The molecule has 4 aliphatic heterocycles. The molecule has 10 rings (SSSR count). The quantitative estimate of drug-likeness (QED) is 0.0667. The Bertz CT molecular complexity index is 2820. The average molecular weight is 1130 g/mol. The number of carbonyl (C=O) groups excluding carboxylic acids is 2. The number of aliphatic hydroxyl groups excluding tert-OH is 16. The predicted octanol–water partition coefficient (Wildman–Crippen LogP) is -5.22. The second-order valence-corrected chi connectivity index (χ2v) is 21.0. The van der Waals surface area contributed by atoms with Crippen molar-refractivity contribution in [2.45, 2.75) is 148 Å². The lowest BCUT2D eigenvalue weighted by atomic mass is 9.69. The maximum atomic E-state index is 15.4. The van der Waals surface area contributed by atoms with E-state index in [0.717, 1.165) is 0 Å². The number of aliphatic hydroxyl groups is 16. The van der Waals surface area contributed by atoms with Crippen LogP contribution in [0.4, 0.5) is 0 Å². The van der Waals surface area contributed by atoms with Crippen molar-refractivity contribution in [2.75, 3.05) is 26.4 Å². The van der Waals surface area contributed by atoms with Crippen LogP contribution in [-0.4, -0.2) is 252 Å². The largest absolute Gasteiger partial charge is 0.507 e. The van der Waals surface area contributed by atoms with Crippen molar-refractivity contribution in [2.24, 2.45) is 0 Å². The van der Waals surface area contributed by atoms with E-state index in [4.69, 9.17) is 28.4 Å². The van der Waals surface area contributed by atoms with Gasteiger partial charge in [0.25, 0.3) is 0 Å². The number of rotatable bonds is 11. The molecule has 4 fully saturated rings. The number of ether oxygens (including phenoxy) is 6. The van der Waals surface area contributed by atoms with Gasteiger partial charge < -0.3 is 120 Å². The SMILES string of the molecule is Cc1cc2c(c(O)c1-c1c(C)cc3c(c1O)C(=O)c1c(O[C@@H]4O[C@H](CO)[C@@H](O)[C@H](O)[C@H]4O)cccc1C3[C@@H]1O[C@H](CO)[C@@H](O)[C@H](O)[C@H]1O)C(=O)c1c(O[C@@H]3O[C@H](CO)[C@@H](O)[C@H](O)[C@H]3O)cccc1C2[C@@H]1O[C@H](CO)[C@@H](O)[C@H](O)[C@H]1O. The third kappa shape index (κ3) is 9.07. The van der Waals surface area contributed by atoms with Gasteiger partial charge in [0.05, 0.1) is 60.9 Å². The van der Waals surface area contributed by atoms with Crippen molar-refractivity contribution in [3.8, 4) is 34.1 Å². The number of fused-ring (bicyclic) bond motifs is 4. The molecule has 26 heteroatoms. The molecule has 0 saturated carbocycles. The van der Waals surface area contributed by atoms with Gasteiger partial charge in [0, 0.05) is 23.0 Å². The van der Waals surface area contributed by atoms with Crippen molar-refractivity contribution in [1.82, 2.24) is 0 Å². The zero-order valence-electron chi connectivity index (χ0n) is 42.5. The third-order valence-electron chi connectivity index (χ3n) is 16.4. The van der Waals surface area contributed by atoms with Gasteiger partial charge >= 0.3 is 0 Å². The highest BCUT2D eigenvalue weighted by atomic mass is 16.7. The minimum absolute atomic E-state index is 0.00138. The Labute approximate surface area is 453 Å². The Kier molecular flexibility index (Phi) is 16.0. The summed E-state index contributed by atoms with van der Waals surface area (Å²) in [5.74, 6) is -7.40. The Balaban J connectivity index is 1.16. The average Bonchev–Trinajstić information content (AvgIpc) is 3.20. The number of benzene rings is 4. The molecule has 0 aromatic heterocycles. The van der Waals surface area contributed by atoms with Gasteiger partial charge in [0.1, 0.15) is 121 Å². The lowest BCUT2D eigenvalue weighted by Gasteiger charge is -2.45. The fourth-order valence-corrected chi connectivity index (χ4v) is 12.2. The number of aromatic hydroxyl groups is 2. The molecule has 0 spiro atoms. The van der Waals surface area contributed by atoms with Gasteiger partial charge in [-0.05, 0) is 59.4 Å². The van der Waals surface area contributed by atoms with Crippen molar-refractivity contribution in [3.63, 3.8) is 0 Å². The smallest absolute Gasteiger partial charge is 0.229 e. The number of phenols is 2. The van der Waals surface area contributed by atoms with Gasteiger partial charge in [0.15, 0.2) is 0 Å². The molecule has 4 aromatic carbocycles. The molecular formula is C54H62O26. The van der Waals surface area contributed by atoms with Crippen molar-refractivity contribution >= 4 is 11.6 Å². The summed E-state index contributed by atoms with van der Waals surface area (Å²) in [5.41, 5.74) is -2.44. The van der Waals surface area contributed by atoms with Crippen LogP contribution in [0.1, 0.15) is 77.1 Å². The summed E-state index contributed by atoms with van der Waals surface area (Å²) in [6, 6.07) is 10.8. The summed E-state index contributed by atoms with van der Waals surface area (Å²) in [7, 11) is 0. The summed E-state index contributed by atoms with van der Waals surface area (Å²) in [6.07, 6.45) is -35.9. The highest BCUT2D eigenvalue weighted by Gasteiger charge is 2.54. The van der Waals surface area contributed by atoms with E-state index >= 15 is 9.59 Å². The molecule has 80 heavy (non-hydrogen) atoms. The van der Waals surface area contributed by atoms with E-state index in [2.05, 4.69) is 0 Å². The van der Waals surface area contributed by atoms with Crippen molar-refractivity contribution < 1.29 is 130 Å². The van der Waals surface area contributed by atoms with Gasteiger partial charge in [-0.2, -0.15) is 0 Å². The first kappa shape index (κ1) is 57.8. The fourth-order valence-electron chi connectivity index (χ4n) is 12.2. The highest BCUT2D eigenvalue weighted by Crippen LogP contribution is 2.56. The van der Waals surface area contributed by atoms with E-state index in [-0.39, 0.29) is 44.5 Å². The fraction of sp³-hybridized carbons (Fsp3) is 0.519. The maximum Gasteiger partial charge on any atom is 0.229 e. The molecule has 0 bridgehead atoms. The topological polar surface area (TPSA) is 454 Å². The van der Waals surface area contributed by atoms with E-state index < -0.39 is 218 Å². The summed E-state index contributed by atoms with van der Waals surface area (Å²) in [4.78, 5) is 30.8. The Morgan fingerprint density at radius 2 is 0.700 bits per heavy atom. The lowest BCUT2D eigenvalue weighted by Crippen LogP contribution is -2.60. The molecule has 434 valence electrons. The van der Waals surface area contributed by atoms with E-state index in [1.165, 1.54) is 62.4 Å².